The van der Waals surface area contributed by atoms with Crippen LogP contribution in [-0.4, -0.2) is 30.0 Å². The zero-order chi connectivity index (χ0) is 9.90. The zero-order valence-electron chi connectivity index (χ0n) is 8.62. The van der Waals surface area contributed by atoms with E-state index in [0.717, 1.165) is 19.3 Å². The molecule has 0 aliphatic carbocycles. The number of ether oxygens (including phenoxy) is 1. The molecule has 3 heteroatoms. The highest BCUT2D eigenvalue weighted by molar-refractivity contribution is 4.82. The van der Waals surface area contributed by atoms with Gasteiger partial charge in [-0.25, -0.2) is 0 Å². The van der Waals surface area contributed by atoms with Crippen LogP contribution >= 0.6 is 0 Å². The second-order valence-electron chi connectivity index (χ2n) is 4.56. The largest absolute Gasteiger partial charge is 0.396 e. The number of hydrogen-bond donors (Lipinski definition) is 2. The molecular weight excluding hydrogens is 166 g/mol. The molecule has 0 aromatic rings. The van der Waals surface area contributed by atoms with Crippen molar-refractivity contribution in [2.45, 2.75) is 44.8 Å². The van der Waals surface area contributed by atoms with Gasteiger partial charge in [0.1, 0.15) is 0 Å². The van der Waals surface area contributed by atoms with Crippen LogP contribution in [0.5, 0.6) is 0 Å². The third kappa shape index (κ3) is 3.25. The zero-order valence-corrected chi connectivity index (χ0v) is 8.62. The average molecular weight is 187 g/mol. The van der Waals surface area contributed by atoms with Gasteiger partial charge in [-0.15, -0.1) is 0 Å². The third-order valence-electron chi connectivity index (χ3n) is 2.74. The Labute approximate surface area is 80.3 Å². The molecule has 0 spiro atoms. The molecule has 3 nitrogen and oxygen atoms in total. The molecule has 1 aliphatic heterocycles. The maximum Gasteiger partial charge on any atom is 0.0631 e. The summed E-state index contributed by atoms with van der Waals surface area (Å²) >= 11 is 0. The molecule has 0 saturated carbocycles. The summed E-state index contributed by atoms with van der Waals surface area (Å²) in [6, 6.07) is 0. The Hall–Kier alpha value is -0.120. The lowest BCUT2D eigenvalue weighted by Gasteiger charge is -2.21. The Morgan fingerprint density at radius 2 is 2.31 bits per heavy atom. The van der Waals surface area contributed by atoms with Gasteiger partial charge in [-0.05, 0) is 45.6 Å². The van der Waals surface area contributed by atoms with Crippen LogP contribution in [-0.2, 0) is 4.74 Å². The van der Waals surface area contributed by atoms with Gasteiger partial charge in [0.25, 0.3) is 0 Å². The fraction of sp³-hybridized carbons (Fsp3) is 1.00. The molecule has 0 aromatic heterocycles. The van der Waals surface area contributed by atoms with E-state index in [1.54, 1.807) is 0 Å². The van der Waals surface area contributed by atoms with E-state index >= 15 is 0 Å². The van der Waals surface area contributed by atoms with E-state index in [9.17, 15) is 0 Å². The highest BCUT2D eigenvalue weighted by atomic mass is 16.5. The van der Waals surface area contributed by atoms with E-state index in [1.807, 2.05) is 0 Å². The molecule has 1 saturated heterocycles. The van der Waals surface area contributed by atoms with Crippen LogP contribution in [0.4, 0.5) is 0 Å². The standard InChI is InChI=1S/C10H21NO2/c1-10(2)4-3-9(13-10)5-8(6-11)7-12/h8-9,12H,3-7,11H2,1-2H3. The Kier molecular flexibility index (Phi) is 3.71. The van der Waals surface area contributed by atoms with Gasteiger partial charge in [-0.3, -0.25) is 0 Å². The smallest absolute Gasteiger partial charge is 0.0631 e. The van der Waals surface area contributed by atoms with Crippen molar-refractivity contribution >= 4 is 0 Å². The van der Waals surface area contributed by atoms with E-state index in [0.29, 0.717) is 12.6 Å². The number of rotatable bonds is 4. The predicted octanol–water partition coefficient (Wildman–Crippen LogP) is 0.901. The van der Waals surface area contributed by atoms with Crippen LogP contribution in [0.3, 0.4) is 0 Å². The highest BCUT2D eigenvalue weighted by Gasteiger charge is 2.32. The van der Waals surface area contributed by atoms with Gasteiger partial charge in [-0.1, -0.05) is 0 Å². The summed E-state index contributed by atoms with van der Waals surface area (Å²) < 4.78 is 5.82. The first-order valence-electron chi connectivity index (χ1n) is 5.06. The quantitative estimate of drug-likeness (QED) is 0.687. The second-order valence-corrected chi connectivity index (χ2v) is 4.56. The molecule has 0 aromatic carbocycles. The molecule has 0 radical (unpaired) electrons. The van der Waals surface area contributed by atoms with Crippen molar-refractivity contribution in [3.63, 3.8) is 0 Å². The Morgan fingerprint density at radius 3 is 2.69 bits per heavy atom. The SMILES string of the molecule is CC1(C)CCC(CC(CN)CO)O1. The highest BCUT2D eigenvalue weighted by Crippen LogP contribution is 2.32. The molecule has 1 aliphatic rings. The van der Waals surface area contributed by atoms with Crippen LogP contribution in [0.25, 0.3) is 0 Å². The van der Waals surface area contributed by atoms with Gasteiger partial charge < -0.3 is 15.6 Å². The number of aliphatic hydroxyl groups excluding tert-OH is 1. The normalized spacial score (nSPS) is 29.1. The van der Waals surface area contributed by atoms with Crippen LogP contribution in [0, 0.1) is 5.92 Å². The Balaban J connectivity index is 2.31. The van der Waals surface area contributed by atoms with Crippen molar-refractivity contribution < 1.29 is 9.84 Å². The summed E-state index contributed by atoms with van der Waals surface area (Å²) in [7, 11) is 0. The second kappa shape index (κ2) is 4.40. The van der Waals surface area contributed by atoms with Crippen molar-refractivity contribution in [1.82, 2.24) is 0 Å². The minimum atomic E-state index is 0.0271. The van der Waals surface area contributed by atoms with E-state index < -0.39 is 0 Å². The van der Waals surface area contributed by atoms with Gasteiger partial charge in [0, 0.05) is 6.61 Å². The monoisotopic (exact) mass is 187 g/mol. The van der Waals surface area contributed by atoms with Crippen LogP contribution < -0.4 is 5.73 Å². The lowest BCUT2D eigenvalue weighted by atomic mass is 9.99. The van der Waals surface area contributed by atoms with Crippen molar-refractivity contribution in [2.75, 3.05) is 13.2 Å². The van der Waals surface area contributed by atoms with Crippen molar-refractivity contribution in [2.24, 2.45) is 11.7 Å². The van der Waals surface area contributed by atoms with E-state index in [4.69, 9.17) is 15.6 Å². The van der Waals surface area contributed by atoms with Gasteiger partial charge in [0.05, 0.1) is 11.7 Å². The molecule has 1 fully saturated rings. The Morgan fingerprint density at radius 1 is 1.62 bits per heavy atom. The predicted molar refractivity (Wildman–Crippen MR) is 52.4 cm³/mol. The van der Waals surface area contributed by atoms with Crippen molar-refractivity contribution in [3.8, 4) is 0 Å². The summed E-state index contributed by atoms with van der Waals surface area (Å²) in [6.07, 6.45) is 3.41. The first-order valence-corrected chi connectivity index (χ1v) is 5.06. The molecule has 0 amide bonds. The van der Waals surface area contributed by atoms with Gasteiger partial charge >= 0.3 is 0 Å². The molecule has 0 bridgehead atoms. The minimum Gasteiger partial charge on any atom is -0.396 e. The first kappa shape index (κ1) is 11.0. The Bertz CT molecular complexity index is 155. The molecule has 78 valence electrons. The maximum atomic E-state index is 8.98. The van der Waals surface area contributed by atoms with Crippen molar-refractivity contribution in [1.29, 1.82) is 0 Å². The van der Waals surface area contributed by atoms with E-state index in [-0.39, 0.29) is 18.1 Å². The summed E-state index contributed by atoms with van der Waals surface area (Å²) in [5, 5.41) is 8.98. The summed E-state index contributed by atoms with van der Waals surface area (Å²) in [5.41, 5.74) is 5.54. The van der Waals surface area contributed by atoms with Gasteiger partial charge in [0.2, 0.25) is 0 Å². The van der Waals surface area contributed by atoms with Crippen LogP contribution in [0.1, 0.15) is 33.1 Å². The average Bonchev–Trinajstić information content (AvgIpc) is 2.41. The summed E-state index contributed by atoms with van der Waals surface area (Å²) in [4.78, 5) is 0. The molecule has 3 N–H and O–H groups in total. The van der Waals surface area contributed by atoms with Gasteiger partial charge in [0.15, 0.2) is 0 Å². The molecular formula is C10H21NO2. The van der Waals surface area contributed by atoms with Gasteiger partial charge in [-0.2, -0.15) is 0 Å². The number of nitrogens with two attached hydrogens (primary N) is 1. The maximum absolute atomic E-state index is 8.98. The third-order valence-corrected chi connectivity index (χ3v) is 2.74. The topological polar surface area (TPSA) is 55.5 Å². The number of hydrogen-bond acceptors (Lipinski definition) is 3. The fourth-order valence-electron chi connectivity index (χ4n) is 1.86. The summed E-state index contributed by atoms with van der Waals surface area (Å²) in [5.74, 6) is 0.207. The van der Waals surface area contributed by atoms with Crippen LogP contribution in [0.15, 0.2) is 0 Å². The number of aliphatic hydroxyl groups is 1. The van der Waals surface area contributed by atoms with E-state index in [2.05, 4.69) is 13.8 Å². The minimum absolute atomic E-state index is 0.0271. The van der Waals surface area contributed by atoms with Crippen LogP contribution in [0.2, 0.25) is 0 Å². The molecule has 2 atom stereocenters. The molecule has 1 heterocycles. The fourth-order valence-corrected chi connectivity index (χ4v) is 1.86. The molecule has 13 heavy (non-hydrogen) atoms. The molecule has 2 unspecified atom stereocenters. The molecule has 1 rings (SSSR count). The van der Waals surface area contributed by atoms with E-state index in [1.165, 1.54) is 0 Å². The lowest BCUT2D eigenvalue weighted by Crippen LogP contribution is -2.26. The first-order chi connectivity index (χ1) is 6.07. The van der Waals surface area contributed by atoms with Crippen molar-refractivity contribution in [3.05, 3.63) is 0 Å². The summed E-state index contributed by atoms with van der Waals surface area (Å²) in [6.45, 7) is 4.96. The lowest BCUT2D eigenvalue weighted by molar-refractivity contribution is -0.0270.